The number of nitrogens with one attached hydrogen (secondary N) is 1. The summed E-state index contributed by atoms with van der Waals surface area (Å²) in [7, 11) is 1.68. The van der Waals surface area contributed by atoms with Crippen molar-refractivity contribution in [1.82, 2.24) is 15.1 Å². The number of benzene rings is 2. The van der Waals surface area contributed by atoms with E-state index in [2.05, 4.69) is 16.9 Å². The first-order chi connectivity index (χ1) is 22.2. The Balaban J connectivity index is 2.06. The lowest BCUT2D eigenvalue weighted by Crippen LogP contribution is -2.52. The number of allylic oxidation sites excluding steroid dienone is 4. The smallest absolute Gasteiger partial charge is 0.255 e. The van der Waals surface area contributed by atoms with E-state index in [-0.39, 0.29) is 50.4 Å². The Morgan fingerprint density at radius 1 is 1.09 bits per heavy atom. The Morgan fingerprint density at radius 2 is 1.80 bits per heavy atom. The number of aliphatic imine (C=N–C) groups is 1. The van der Waals surface area contributed by atoms with Crippen LogP contribution < -0.4 is 16.8 Å². The summed E-state index contributed by atoms with van der Waals surface area (Å²) in [5, 5.41) is 3.07. The van der Waals surface area contributed by atoms with Crippen molar-refractivity contribution in [1.29, 1.82) is 0 Å². The summed E-state index contributed by atoms with van der Waals surface area (Å²) in [5.41, 5.74) is 14.9. The summed E-state index contributed by atoms with van der Waals surface area (Å²) in [4.78, 5) is 59.9. The molecule has 5 N–H and O–H groups in total. The lowest BCUT2D eigenvalue weighted by Gasteiger charge is -2.42. The van der Waals surface area contributed by atoms with E-state index in [1.165, 1.54) is 4.90 Å². The van der Waals surface area contributed by atoms with E-state index < -0.39 is 17.9 Å². The molecule has 2 unspecified atom stereocenters. The molecule has 10 nitrogen and oxygen atoms in total. The van der Waals surface area contributed by atoms with E-state index in [1.807, 2.05) is 50.3 Å². The van der Waals surface area contributed by atoms with Crippen LogP contribution in [-0.2, 0) is 16.1 Å². The van der Waals surface area contributed by atoms with Crippen molar-refractivity contribution in [2.24, 2.45) is 16.5 Å². The Bertz CT molecular complexity index is 1540. The van der Waals surface area contributed by atoms with E-state index in [4.69, 9.17) is 11.5 Å². The van der Waals surface area contributed by atoms with Gasteiger partial charge < -0.3 is 26.6 Å². The quantitative estimate of drug-likeness (QED) is 0.157. The summed E-state index contributed by atoms with van der Waals surface area (Å²) >= 11 is 0. The van der Waals surface area contributed by atoms with Crippen LogP contribution >= 0.6 is 0 Å². The van der Waals surface area contributed by atoms with E-state index in [0.29, 0.717) is 23.1 Å². The van der Waals surface area contributed by atoms with Gasteiger partial charge in [0.2, 0.25) is 11.8 Å². The highest BCUT2D eigenvalue weighted by Crippen LogP contribution is 2.38. The van der Waals surface area contributed by atoms with E-state index in [9.17, 15) is 19.2 Å². The molecule has 1 heterocycles. The fraction of sp³-hybridized carbons (Fsp3) is 0.306. The number of carbonyl (C=O) groups excluding carboxylic acids is 4. The third-order valence-corrected chi connectivity index (χ3v) is 7.73. The van der Waals surface area contributed by atoms with Gasteiger partial charge >= 0.3 is 0 Å². The molecule has 0 saturated carbocycles. The molecule has 2 aromatic carbocycles. The van der Waals surface area contributed by atoms with E-state index in [1.54, 1.807) is 60.6 Å². The number of fused-ring (bicyclic) bond motifs is 1. The van der Waals surface area contributed by atoms with Gasteiger partial charge in [-0.3, -0.25) is 24.2 Å². The van der Waals surface area contributed by atoms with Crippen molar-refractivity contribution in [3.8, 4) is 0 Å². The molecule has 0 aromatic heterocycles. The highest BCUT2D eigenvalue weighted by Gasteiger charge is 2.44. The number of amides is 4. The minimum atomic E-state index is -0.704. The van der Waals surface area contributed by atoms with Crippen molar-refractivity contribution in [3.05, 3.63) is 119 Å². The Kier molecular flexibility index (Phi) is 13.4. The van der Waals surface area contributed by atoms with Gasteiger partial charge in [-0.25, -0.2) is 0 Å². The molecule has 2 aromatic rings. The average molecular weight is 625 g/mol. The van der Waals surface area contributed by atoms with Crippen molar-refractivity contribution in [2.75, 3.05) is 33.2 Å². The predicted molar refractivity (Wildman–Crippen MR) is 182 cm³/mol. The SMILES string of the molecule is C=CC/C=C\C(=C/C)C1C(C(=O)NC/C(C=NC)=C/C)c2ccccc2C(=O)N1Cc1ccc(C(=O)N(CCN)CC(N)=O)cc1. The van der Waals surface area contributed by atoms with Gasteiger partial charge in [-0.1, -0.05) is 60.7 Å². The molecule has 1 aliphatic heterocycles. The van der Waals surface area contributed by atoms with Crippen molar-refractivity contribution >= 4 is 29.8 Å². The second-order valence-corrected chi connectivity index (χ2v) is 10.8. The molecule has 46 heavy (non-hydrogen) atoms. The fourth-order valence-corrected chi connectivity index (χ4v) is 5.50. The van der Waals surface area contributed by atoms with Gasteiger partial charge in [0.15, 0.2) is 0 Å². The normalized spacial score (nSPS) is 16.9. The van der Waals surface area contributed by atoms with E-state index in [0.717, 1.165) is 16.7 Å². The molecule has 0 spiro atoms. The third kappa shape index (κ3) is 8.76. The largest absolute Gasteiger partial charge is 0.368 e. The Hall–Kier alpha value is -5.09. The van der Waals surface area contributed by atoms with Crippen LogP contribution in [0.15, 0.2) is 102 Å². The molecule has 2 atom stereocenters. The van der Waals surface area contributed by atoms with Crippen LogP contribution in [0.5, 0.6) is 0 Å². The Labute approximate surface area is 271 Å². The zero-order valence-corrected chi connectivity index (χ0v) is 26.8. The second kappa shape index (κ2) is 17.4. The molecule has 242 valence electrons. The standard InChI is InChI=1S/C36H44N6O4/c1-5-8-9-12-27(7-3)33-32(34(44)40-22-25(6-2)21-39-4)29-13-10-11-14-30(29)36(46)42(33)23-26-15-17-28(18-16-26)35(45)41(20-19-37)24-31(38)43/h5-7,9-18,21,32-33H,1,8,19-20,22-24,37H2,2-4H3,(H2,38,43)(H,40,44)/b12-9-,25-6+,27-7+,39-21?. The number of primary amides is 1. The number of carbonyl (C=O) groups is 4. The van der Waals surface area contributed by atoms with Crippen molar-refractivity contribution in [2.45, 2.75) is 38.8 Å². The third-order valence-electron chi connectivity index (χ3n) is 7.73. The zero-order valence-electron chi connectivity index (χ0n) is 26.8. The molecule has 10 heteroatoms. The highest BCUT2D eigenvalue weighted by molar-refractivity contribution is 6.02. The summed E-state index contributed by atoms with van der Waals surface area (Å²) in [6.45, 7) is 8.17. The van der Waals surface area contributed by atoms with Crippen LogP contribution in [0.3, 0.4) is 0 Å². The maximum absolute atomic E-state index is 14.2. The number of nitrogens with two attached hydrogens (primary N) is 2. The van der Waals surface area contributed by atoms with Gasteiger partial charge in [0, 0.05) is 50.6 Å². The van der Waals surface area contributed by atoms with Crippen LogP contribution in [0.1, 0.15) is 58.0 Å². The monoisotopic (exact) mass is 624 g/mol. The summed E-state index contributed by atoms with van der Waals surface area (Å²) in [6, 6.07) is 13.4. The zero-order chi connectivity index (χ0) is 33.6. The average Bonchev–Trinajstić information content (AvgIpc) is 3.06. The summed E-state index contributed by atoms with van der Waals surface area (Å²) < 4.78 is 0. The maximum Gasteiger partial charge on any atom is 0.255 e. The topological polar surface area (TPSA) is 151 Å². The van der Waals surface area contributed by atoms with Gasteiger partial charge in [-0.15, -0.1) is 6.58 Å². The molecule has 0 fully saturated rings. The number of hydrogen-bond donors (Lipinski definition) is 3. The van der Waals surface area contributed by atoms with Gasteiger partial charge in [0.05, 0.1) is 18.5 Å². The van der Waals surface area contributed by atoms with Gasteiger partial charge in [0.1, 0.15) is 0 Å². The minimum Gasteiger partial charge on any atom is -0.368 e. The first-order valence-electron chi connectivity index (χ1n) is 15.3. The molecule has 0 aliphatic carbocycles. The predicted octanol–water partition coefficient (Wildman–Crippen LogP) is 3.52. The van der Waals surface area contributed by atoms with Crippen LogP contribution in [0.4, 0.5) is 0 Å². The van der Waals surface area contributed by atoms with E-state index >= 15 is 0 Å². The van der Waals surface area contributed by atoms with Crippen LogP contribution in [0, 0.1) is 0 Å². The highest BCUT2D eigenvalue weighted by atomic mass is 16.2. The molecule has 3 rings (SSSR count). The molecule has 0 bridgehead atoms. The van der Waals surface area contributed by atoms with Crippen molar-refractivity contribution < 1.29 is 19.2 Å². The molecular formula is C36H44N6O4. The fourth-order valence-electron chi connectivity index (χ4n) is 5.50. The van der Waals surface area contributed by atoms with Crippen LogP contribution in [-0.4, -0.2) is 78.9 Å². The number of hydrogen-bond acceptors (Lipinski definition) is 6. The first kappa shape index (κ1) is 35.4. The molecular weight excluding hydrogens is 580 g/mol. The number of nitrogens with zero attached hydrogens (tertiary/aromatic N) is 3. The van der Waals surface area contributed by atoms with Gasteiger partial charge in [0.25, 0.3) is 11.8 Å². The van der Waals surface area contributed by atoms with Crippen molar-refractivity contribution in [3.63, 3.8) is 0 Å². The summed E-state index contributed by atoms with van der Waals surface area (Å²) in [5.74, 6) is -2.13. The van der Waals surface area contributed by atoms with Gasteiger partial charge in [-0.2, -0.15) is 0 Å². The maximum atomic E-state index is 14.2. The minimum absolute atomic E-state index is 0.180. The summed E-state index contributed by atoms with van der Waals surface area (Å²) in [6.07, 6.45) is 11.8. The van der Waals surface area contributed by atoms with Crippen LogP contribution in [0.25, 0.3) is 0 Å². The first-order valence-corrected chi connectivity index (χ1v) is 15.3. The van der Waals surface area contributed by atoms with Gasteiger partial charge in [-0.05, 0) is 60.7 Å². The second-order valence-electron chi connectivity index (χ2n) is 10.8. The molecule has 1 aliphatic rings. The lowest BCUT2D eigenvalue weighted by atomic mass is 9.78. The molecule has 0 saturated heterocycles. The Morgan fingerprint density at radius 3 is 2.41 bits per heavy atom. The number of rotatable bonds is 15. The van der Waals surface area contributed by atoms with Crippen LogP contribution in [0.2, 0.25) is 0 Å². The molecule has 4 amide bonds. The lowest BCUT2D eigenvalue weighted by molar-refractivity contribution is -0.123. The molecule has 0 radical (unpaired) electrons.